The minimum absolute atomic E-state index is 0.0314. The van der Waals surface area contributed by atoms with Crippen LogP contribution in [0.25, 0.3) is 0 Å². The molecule has 0 fully saturated rings. The Kier molecular flexibility index (Phi) is 34.2. The lowest BCUT2D eigenvalue weighted by molar-refractivity contribution is -0.153. The fourth-order valence-corrected chi connectivity index (χ4v) is 5.90. The highest BCUT2D eigenvalue weighted by atomic mass is 31.2. The minimum Gasteiger partial charge on any atom is -0.498 e. The second-order valence-electron chi connectivity index (χ2n) is 12.5. The van der Waals surface area contributed by atoms with Gasteiger partial charge in [0.2, 0.25) is 0 Å². The molecule has 2 atom stereocenters. The fourth-order valence-electron chi connectivity index (χ4n) is 5.13. The number of hydrogen-bond donors (Lipinski definition) is 2. The number of nitrogens with two attached hydrogens (primary N) is 1. The predicted molar refractivity (Wildman–Crippen MR) is 192 cm³/mol. The predicted octanol–water partition coefficient (Wildman–Crippen LogP) is 10.9. The zero-order chi connectivity index (χ0) is 33.8. The van der Waals surface area contributed by atoms with Crippen molar-refractivity contribution in [3.05, 3.63) is 24.5 Å². The molecule has 0 rings (SSSR count). The topological polar surface area (TPSA) is 117 Å². The van der Waals surface area contributed by atoms with E-state index < -0.39 is 13.9 Å². The summed E-state index contributed by atoms with van der Waals surface area (Å²) >= 11 is 0. The van der Waals surface area contributed by atoms with E-state index in [2.05, 4.69) is 26.0 Å². The van der Waals surface area contributed by atoms with E-state index in [1.54, 1.807) is 6.26 Å². The van der Waals surface area contributed by atoms with Gasteiger partial charge in [0, 0.05) is 13.0 Å². The molecule has 8 nitrogen and oxygen atoms in total. The molecule has 0 aliphatic heterocycles. The molecular weight excluding hydrogens is 601 g/mol. The summed E-state index contributed by atoms with van der Waals surface area (Å²) in [6.07, 6.45) is 37.1. The van der Waals surface area contributed by atoms with Gasteiger partial charge in [0.15, 0.2) is 6.10 Å². The van der Waals surface area contributed by atoms with Gasteiger partial charge < -0.3 is 20.1 Å². The Bertz CT molecular complexity index is 762. The summed E-state index contributed by atoms with van der Waals surface area (Å²) < 4.78 is 33.0. The number of esters is 1. The van der Waals surface area contributed by atoms with Crippen molar-refractivity contribution in [2.45, 2.75) is 180 Å². The van der Waals surface area contributed by atoms with Crippen molar-refractivity contribution < 1.29 is 32.8 Å². The molecule has 0 aromatic carbocycles. The molecule has 0 saturated carbocycles. The highest BCUT2D eigenvalue weighted by Gasteiger charge is 2.25. The third-order valence-electron chi connectivity index (χ3n) is 7.94. The lowest BCUT2D eigenvalue weighted by Crippen LogP contribution is -2.27. The van der Waals surface area contributed by atoms with Gasteiger partial charge in [-0.1, -0.05) is 135 Å². The standard InChI is InChI=1S/C37H72NO7P/c1-3-5-7-9-11-13-15-17-19-21-23-25-27-29-32-42-34-36(35-44-46(40,41)43-33-31-38)45-37(39)30-28-26-24-22-20-18-16-14-12-10-8-6-4-2/h14,16,29,32,36H,3-13,15,17-28,30-31,33-35,38H2,1-2H3,(H,40,41)/b16-14-,32-29-/t36-/m1/s1. The summed E-state index contributed by atoms with van der Waals surface area (Å²) in [5.41, 5.74) is 5.34. The quantitative estimate of drug-likeness (QED) is 0.0222. The summed E-state index contributed by atoms with van der Waals surface area (Å²) in [6.45, 7) is 4.21. The van der Waals surface area contributed by atoms with Gasteiger partial charge in [-0.25, -0.2) is 4.57 Å². The highest BCUT2D eigenvalue weighted by molar-refractivity contribution is 7.47. The molecule has 9 heteroatoms. The number of phosphoric acid groups is 1. The van der Waals surface area contributed by atoms with Crippen LogP contribution in [0.2, 0.25) is 0 Å². The van der Waals surface area contributed by atoms with Crippen molar-refractivity contribution in [2.24, 2.45) is 5.73 Å². The van der Waals surface area contributed by atoms with Crippen LogP contribution in [0.5, 0.6) is 0 Å². The van der Waals surface area contributed by atoms with Crippen LogP contribution in [0.1, 0.15) is 174 Å². The normalized spacial score (nSPS) is 13.8. The Morgan fingerprint density at radius 2 is 1.11 bits per heavy atom. The van der Waals surface area contributed by atoms with Gasteiger partial charge in [-0.2, -0.15) is 0 Å². The van der Waals surface area contributed by atoms with Crippen molar-refractivity contribution >= 4 is 13.8 Å². The maximum absolute atomic E-state index is 12.5. The van der Waals surface area contributed by atoms with Gasteiger partial charge in [0.25, 0.3) is 0 Å². The van der Waals surface area contributed by atoms with Crippen molar-refractivity contribution in [3.8, 4) is 0 Å². The smallest absolute Gasteiger partial charge is 0.472 e. The van der Waals surface area contributed by atoms with E-state index in [-0.39, 0.29) is 32.3 Å². The molecule has 3 N–H and O–H groups in total. The number of allylic oxidation sites excluding steroid dienone is 3. The molecule has 0 aromatic rings. The zero-order valence-corrected chi connectivity index (χ0v) is 30.7. The van der Waals surface area contributed by atoms with E-state index in [0.717, 1.165) is 44.9 Å². The largest absolute Gasteiger partial charge is 0.498 e. The first-order valence-corrected chi connectivity index (χ1v) is 20.4. The highest BCUT2D eigenvalue weighted by Crippen LogP contribution is 2.43. The van der Waals surface area contributed by atoms with Crippen molar-refractivity contribution in [3.63, 3.8) is 0 Å². The molecule has 0 aliphatic carbocycles. The second kappa shape index (κ2) is 35.1. The van der Waals surface area contributed by atoms with Crippen LogP contribution in [-0.4, -0.2) is 43.3 Å². The van der Waals surface area contributed by atoms with E-state index >= 15 is 0 Å². The number of carbonyl (C=O) groups excluding carboxylic acids is 1. The Hall–Kier alpha value is -1.18. The number of unbranched alkanes of at least 4 members (excludes halogenated alkanes) is 21. The van der Waals surface area contributed by atoms with Gasteiger partial charge in [0.05, 0.1) is 19.5 Å². The first-order valence-electron chi connectivity index (χ1n) is 18.9. The molecule has 1 unspecified atom stereocenters. The number of ether oxygens (including phenoxy) is 2. The summed E-state index contributed by atoms with van der Waals surface area (Å²) in [4.78, 5) is 22.3. The lowest BCUT2D eigenvalue weighted by atomic mass is 10.0. The molecule has 46 heavy (non-hydrogen) atoms. The Morgan fingerprint density at radius 3 is 1.63 bits per heavy atom. The van der Waals surface area contributed by atoms with Crippen LogP contribution >= 0.6 is 7.82 Å². The number of carbonyl (C=O) groups is 1. The summed E-state index contributed by atoms with van der Waals surface area (Å²) in [5, 5.41) is 0. The van der Waals surface area contributed by atoms with Crippen molar-refractivity contribution in [1.29, 1.82) is 0 Å². The van der Waals surface area contributed by atoms with E-state index in [1.165, 1.54) is 109 Å². The molecule has 0 amide bonds. The molecule has 0 heterocycles. The molecule has 0 saturated heterocycles. The van der Waals surface area contributed by atoms with Gasteiger partial charge in [-0.05, 0) is 51.0 Å². The third-order valence-corrected chi connectivity index (χ3v) is 8.92. The van der Waals surface area contributed by atoms with E-state index in [4.69, 9.17) is 24.3 Å². The summed E-state index contributed by atoms with van der Waals surface area (Å²) in [6, 6.07) is 0. The average molecular weight is 674 g/mol. The van der Waals surface area contributed by atoms with Crippen molar-refractivity contribution in [1.82, 2.24) is 0 Å². The summed E-state index contributed by atoms with van der Waals surface area (Å²) in [7, 11) is -4.28. The lowest BCUT2D eigenvalue weighted by Gasteiger charge is -2.19. The zero-order valence-electron chi connectivity index (χ0n) is 29.8. The molecule has 272 valence electrons. The fraction of sp³-hybridized carbons (Fsp3) is 0.865. The monoisotopic (exact) mass is 674 g/mol. The van der Waals surface area contributed by atoms with Crippen LogP contribution in [0.4, 0.5) is 0 Å². The minimum atomic E-state index is -4.28. The van der Waals surface area contributed by atoms with Gasteiger partial charge in [-0.15, -0.1) is 0 Å². The first kappa shape index (κ1) is 44.8. The first-order chi connectivity index (χ1) is 22.4. The van der Waals surface area contributed by atoms with Gasteiger partial charge in [0.1, 0.15) is 6.61 Å². The van der Waals surface area contributed by atoms with Crippen molar-refractivity contribution in [2.75, 3.05) is 26.4 Å². The number of phosphoric ester groups is 1. The Morgan fingerprint density at radius 1 is 0.652 bits per heavy atom. The average Bonchev–Trinajstić information content (AvgIpc) is 3.04. The molecule has 0 aliphatic rings. The second-order valence-corrected chi connectivity index (χ2v) is 14.0. The molecular formula is C37H72NO7P. The Balaban J connectivity index is 4.16. The molecule has 0 spiro atoms. The van der Waals surface area contributed by atoms with Gasteiger partial charge >= 0.3 is 13.8 Å². The van der Waals surface area contributed by atoms with Crippen LogP contribution < -0.4 is 5.73 Å². The molecule has 0 bridgehead atoms. The van der Waals surface area contributed by atoms with Crippen LogP contribution in [0.3, 0.4) is 0 Å². The van der Waals surface area contributed by atoms with Gasteiger partial charge in [-0.3, -0.25) is 13.8 Å². The number of hydrogen-bond acceptors (Lipinski definition) is 7. The Labute approximate surface area is 283 Å². The van der Waals surface area contributed by atoms with Crippen LogP contribution in [0.15, 0.2) is 24.5 Å². The number of rotatable bonds is 36. The third kappa shape index (κ3) is 34.2. The molecule has 0 radical (unpaired) electrons. The van der Waals surface area contributed by atoms with Crippen LogP contribution in [0, 0.1) is 0 Å². The SMILES string of the molecule is CCCCCC/C=C\CCCCCCCC(=O)O[C@H](CO/C=C\CCCCCCCCCCCCCC)COP(=O)(O)OCCN. The maximum Gasteiger partial charge on any atom is 0.472 e. The van der Waals surface area contributed by atoms with E-state index in [9.17, 15) is 14.3 Å². The van der Waals surface area contributed by atoms with E-state index in [0.29, 0.717) is 6.42 Å². The van der Waals surface area contributed by atoms with E-state index in [1.807, 2.05) is 6.08 Å². The molecule has 0 aromatic heterocycles. The summed E-state index contributed by atoms with van der Waals surface area (Å²) in [5.74, 6) is -0.362. The van der Waals surface area contributed by atoms with Crippen LogP contribution in [-0.2, 0) is 27.9 Å². The maximum atomic E-state index is 12.5.